The van der Waals surface area contributed by atoms with Gasteiger partial charge >= 0.3 is 0 Å². The Morgan fingerprint density at radius 1 is 1.53 bits per heavy atom. The summed E-state index contributed by atoms with van der Waals surface area (Å²) in [5, 5.41) is 2.85. The second-order valence-corrected chi connectivity index (χ2v) is 6.72. The molecule has 2 bridgehead atoms. The van der Waals surface area contributed by atoms with Gasteiger partial charge in [-0.2, -0.15) is 0 Å². The van der Waals surface area contributed by atoms with Crippen LogP contribution < -0.4 is 5.32 Å². The van der Waals surface area contributed by atoms with Crippen LogP contribution >= 0.6 is 11.6 Å². The summed E-state index contributed by atoms with van der Waals surface area (Å²) in [5.41, 5.74) is 0.0715. The highest BCUT2D eigenvalue weighted by molar-refractivity contribution is 6.30. The third kappa shape index (κ3) is 2.96. The first-order valence-corrected chi connectivity index (χ1v) is 7.44. The summed E-state index contributed by atoms with van der Waals surface area (Å²) >= 11 is 5.88. The Labute approximate surface area is 109 Å². The average Bonchev–Trinajstić information content (AvgIpc) is 2.27. The summed E-state index contributed by atoms with van der Waals surface area (Å²) in [7, 11) is 0. The number of alkyl halides is 1. The normalized spacial score (nSPS) is 38.5. The number of hydrogen-bond donors (Lipinski definition) is 1. The van der Waals surface area contributed by atoms with Crippen molar-refractivity contribution in [2.75, 3.05) is 0 Å². The molecule has 0 aromatic heterocycles. The monoisotopic (exact) mass is 257 g/mol. The maximum Gasteiger partial charge on any atom is 0.238 e. The molecule has 98 valence electrons. The van der Waals surface area contributed by atoms with Crippen LogP contribution in [-0.2, 0) is 4.79 Å². The number of halogens is 1. The number of carbonyl (C=O) groups is 1. The molecule has 1 N–H and O–H groups in total. The molecule has 0 radical (unpaired) electrons. The molecule has 2 saturated carbocycles. The zero-order chi connectivity index (χ0) is 12.5. The number of rotatable bonds is 3. The van der Waals surface area contributed by atoms with Gasteiger partial charge in [0.1, 0.15) is 5.38 Å². The van der Waals surface area contributed by atoms with E-state index in [1.54, 1.807) is 6.92 Å². The molecule has 0 aromatic rings. The Bertz CT molecular complexity index is 292. The SMILES string of the molecule is CC[C@@H]1C[C@H]2CCC[C@](NC(=O)[C@@H](C)Cl)(C1)C2. The lowest BCUT2D eigenvalue weighted by molar-refractivity contribution is -0.124. The minimum absolute atomic E-state index is 0.0177. The van der Waals surface area contributed by atoms with Gasteiger partial charge in [0.05, 0.1) is 0 Å². The molecule has 0 heterocycles. The largest absolute Gasteiger partial charge is 0.349 e. The zero-order valence-corrected chi connectivity index (χ0v) is 11.7. The van der Waals surface area contributed by atoms with Crippen molar-refractivity contribution in [3.8, 4) is 0 Å². The lowest BCUT2D eigenvalue weighted by atomic mass is 9.63. The molecule has 2 aliphatic carbocycles. The molecule has 4 atom stereocenters. The van der Waals surface area contributed by atoms with E-state index in [9.17, 15) is 4.79 Å². The number of carbonyl (C=O) groups excluding carboxylic acids is 1. The Morgan fingerprint density at radius 3 is 2.94 bits per heavy atom. The molecule has 0 aliphatic heterocycles. The van der Waals surface area contributed by atoms with E-state index in [-0.39, 0.29) is 11.4 Å². The summed E-state index contributed by atoms with van der Waals surface area (Å²) in [4.78, 5) is 11.9. The van der Waals surface area contributed by atoms with Crippen LogP contribution in [0.3, 0.4) is 0 Å². The van der Waals surface area contributed by atoms with Crippen molar-refractivity contribution in [2.24, 2.45) is 11.8 Å². The van der Waals surface area contributed by atoms with Crippen LogP contribution in [0.25, 0.3) is 0 Å². The second-order valence-electron chi connectivity index (χ2n) is 6.06. The summed E-state index contributed by atoms with van der Waals surface area (Å²) in [6.45, 7) is 4.03. The zero-order valence-electron chi connectivity index (χ0n) is 11.0. The van der Waals surface area contributed by atoms with Gasteiger partial charge in [-0.25, -0.2) is 0 Å². The molecule has 0 spiro atoms. The van der Waals surface area contributed by atoms with Gasteiger partial charge in [0.15, 0.2) is 0 Å². The fraction of sp³-hybridized carbons (Fsp3) is 0.929. The van der Waals surface area contributed by atoms with E-state index >= 15 is 0 Å². The quantitative estimate of drug-likeness (QED) is 0.771. The molecule has 2 nitrogen and oxygen atoms in total. The minimum Gasteiger partial charge on any atom is -0.349 e. The van der Waals surface area contributed by atoms with Gasteiger partial charge in [-0.3, -0.25) is 4.79 Å². The maximum absolute atomic E-state index is 11.9. The molecule has 0 unspecified atom stereocenters. The molecule has 0 saturated heterocycles. The predicted molar refractivity (Wildman–Crippen MR) is 71.2 cm³/mol. The Balaban J connectivity index is 2.07. The Hall–Kier alpha value is -0.240. The lowest BCUT2D eigenvalue weighted by Gasteiger charge is -2.49. The van der Waals surface area contributed by atoms with E-state index in [0.717, 1.165) is 24.7 Å². The third-order valence-corrected chi connectivity index (χ3v) is 4.82. The van der Waals surface area contributed by atoms with Crippen LogP contribution in [-0.4, -0.2) is 16.8 Å². The van der Waals surface area contributed by atoms with Crippen molar-refractivity contribution in [2.45, 2.75) is 69.7 Å². The van der Waals surface area contributed by atoms with Crippen LogP contribution in [0.15, 0.2) is 0 Å². The fourth-order valence-electron chi connectivity index (χ4n) is 3.82. The number of fused-ring (bicyclic) bond motifs is 2. The summed E-state index contributed by atoms with van der Waals surface area (Å²) in [6.07, 6.45) is 8.71. The standard InChI is InChI=1S/C14H24ClNO/c1-3-11-7-12-5-4-6-14(8-11,9-12)16-13(17)10(2)15/h10-12H,3-9H2,1-2H3,(H,16,17)/t10-,11-,12-,14+/m1/s1. The first-order chi connectivity index (χ1) is 8.04. The van der Waals surface area contributed by atoms with E-state index < -0.39 is 5.38 Å². The van der Waals surface area contributed by atoms with Crippen molar-refractivity contribution in [3.63, 3.8) is 0 Å². The third-order valence-electron chi connectivity index (χ3n) is 4.62. The maximum atomic E-state index is 11.9. The van der Waals surface area contributed by atoms with E-state index in [4.69, 9.17) is 11.6 Å². The number of nitrogens with one attached hydrogen (secondary N) is 1. The van der Waals surface area contributed by atoms with Gasteiger partial charge in [0, 0.05) is 5.54 Å². The predicted octanol–water partition coefficient (Wildman–Crippen LogP) is 3.48. The van der Waals surface area contributed by atoms with E-state index in [1.165, 1.54) is 32.1 Å². The highest BCUT2D eigenvalue weighted by atomic mass is 35.5. The Morgan fingerprint density at radius 2 is 2.29 bits per heavy atom. The molecule has 0 aromatic carbocycles. The van der Waals surface area contributed by atoms with E-state index in [1.807, 2.05) is 0 Å². The highest BCUT2D eigenvalue weighted by Gasteiger charge is 2.43. The first-order valence-electron chi connectivity index (χ1n) is 7.01. The van der Waals surface area contributed by atoms with Crippen molar-refractivity contribution in [3.05, 3.63) is 0 Å². The molecule has 1 amide bonds. The first kappa shape index (κ1) is 13.2. The molecular formula is C14H24ClNO. The van der Waals surface area contributed by atoms with Crippen LogP contribution in [0.2, 0.25) is 0 Å². The van der Waals surface area contributed by atoms with Crippen LogP contribution in [0, 0.1) is 11.8 Å². The van der Waals surface area contributed by atoms with Crippen LogP contribution in [0.1, 0.15) is 58.8 Å². The smallest absolute Gasteiger partial charge is 0.238 e. The van der Waals surface area contributed by atoms with Gasteiger partial charge in [-0.1, -0.05) is 26.2 Å². The van der Waals surface area contributed by atoms with Gasteiger partial charge < -0.3 is 5.32 Å². The highest BCUT2D eigenvalue weighted by Crippen LogP contribution is 2.46. The van der Waals surface area contributed by atoms with Gasteiger partial charge in [-0.15, -0.1) is 11.6 Å². The van der Waals surface area contributed by atoms with Gasteiger partial charge in [0.2, 0.25) is 5.91 Å². The van der Waals surface area contributed by atoms with Crippen LogP contribution in [0.5, 0.6) is 0 Å². The molecule has 2 aliphatic rings. The molecule has 17 heavy (non-hydrogen) atoms. The minimum atomic E-state index is -0.410. The van der Waals surface area contributed by atoms with Crippen molar-refractivity contribution >= 4 is 17.5 Å². The van der Waals surface area contributed by atoms with Crippen LogP contribution in [0.4, 0.5) is 0 Å². The number of hydrogen-bond acceptors (Lipinski definition) is 1. The van der Waals surface area contributed by atoms with Crippen molar-refractivity contribution in [1.29, 1.82) is 0 Å². The average molecular weight is 258 g/mol. The van der Waals surface area contributed by atoms with Crippen molar-refractivity contribution < 1.29 is 4.79 Å². The van der Waals surface area contributed by atoms with Gasteiger partial charge in [-0.05, 0) is 44.4 Å². The van der Waals surface area contributed by atoms with E-state index in [2.05, 4.69) is 12.2 Å². The molecule has 3 heteroatoms. The van der Waals surface area contributed by atoms with Crippen molar-refractivity contribution in [1.82, 2.24) is 5.32 Å². The summed E-state index contributed by atoms with van der Waals surface area (Å²) < 4.78 is 0. The molecule has 2 fully saturated rings. The van der Waals surface area contributed by atoms with Gasteiger partial charge in [0.25, 0.3) is 0 Å². The topological polar surface area (TPSA) is 29.1 Å². The lowest BCUT2D eigenvalue weighted by Crippen LogP contribution is -2.56. The number of amides is 1. The molecular weight excluding hydrogens is 234 g/mol. The molecule has 2 rings (SSSR count). The summed E-state index contributed by atoms with van der Waals surface area (Å²) in [6, 6.07) is 0. The Kier molecular flexibility index (Phi) is 4.02. The second kappa shape index (κ2) is 5.17. The van der Waals surface area contributed by atoms with E-state index in [0.29, 0.717) is 0 Å². The fourth-order valence-corrected chi connectivity index (χ4v) is 3.87. The summed E-state index contributed by atoms with van der Waals surface area (Å²) in [5.74, 6) is 1.64.